The Morgan fingerprint density at radius 1 is 1.17 bits per heavy atom. The summed E-state index contributed by atoms with van der Waals surface area (Å²) in [5.41, 5.74) is 2.10. The lowest BCUT2D eigenvalue weighted by Gasteiger charge is -2.10. The van der Waals surface area contributed by atoms with E-state index in [2.05, 4.69) is 9.97 Å². The molecular weight excluding hydrogens is 250 g/mol. The zero-order valence-electron chi connectivity index (χ0n) is 9.94. The summed E-state index contributed by atoms with van der Waals surface area (Å²) in [6, 6.07) is 5.54. The van der Waals surface area contributed by atoms with Crippen LogP contribution in [0.15, 0.2) is 24.5 Å². The molecule has 0 aliphatic carbocycles. The molecule has 18 heavy (non-hydrogen) atoms. The van der Waals surface area contributed by atoms with Crippen molar-refractivity contribution in [2.24, 2.45) is 0 Å². The Labute approximate surface area is 110 Å². The molecule has 0 saturated heterocycles. The Bertz CT molecular complexity index is 594. The second-order valence-electron chi connectivity index (χ2n) is 3.82. The summed E-state index contributed by atoms with van der Waals surface area (Å²) in [5.74, 6) is 1.06. The van der Waals surface area contributed by atoms with Crippen LogP contribution >= 0.6 is 11.6 Å². The number of rotatable bonds is 2. The fraction of sp³-hybridized carbons (Fsp3) is 0.154. The maximum Gasteiger partial charge on any atom is 0.237 e. The van der Waals surface area contributed by atoms with Gasteiger partial charge in [-0.1, -0.05) is 11.6 Å². The molecule has 0 radical (unpaired) electrons. The number of aryl methyl sites for hydroxylation is 2. The van der Waals surface area contributed by atoms with E-state index in [-0.39, 0.29) is 5.69 Å². The number of hydrogen-bond acceptors (Lipinski definition) is 4. The zero-order valence-corrected chi connectivity index (χ0v) is 10.7. The molecule has 90 valence electrons. The van der Waals surface area contributed by atoms with Crippen molar-refractivity contribution in [3.05, 3.63) is 46.4 Å². The Kier molecular flexibility index (Phi) is 3.45. The van der Waals surface area contributed by atoms with Gasteiger partial charge < -0.3 is 4.74 Å². The number of aromatic nitrogens is 2. The van der Waals surface area contributed by atoms with Crippen molar-refractivity contribution in [1.29, 1.82) is 5.26 Å². The van der Waals surface area contributed by atoms with E-state index >= 15 is 0 Å². The van der Waals surface area contributed by atoms with Crippen LogP contribution in [0.3, 0.4) is 0 Å². The van der Waals surface area contributed by atoms with Crippen LogP contribution in [0.1, 0.15) is 16.8 Å². The number of ether oxygens (including phenoxy) is 1. The van der Waals surface area contributed by atoms with Crippen molar-refractivity contribution < 1.29 is 4.74 Å². The fourth-order valence-corrected chi connectivity index (χ4v) is 1.92. The standard InChI is InChI=1S/C13H10ClN3O/c1-8-3-10(14)4-9(2)13(8)18-12-7-16-11(5-15)6-17-12/h3-4,6-7H,1-2H3. The predicted octanol–water partition coefficient (Wildman–Crippen LogP) is 3.41. The van der Waals surface area contributed by atoms with Crippen molar-refractivity contribution in [3.63, 3.8) is 0 Å². The highest BCUT2D eigenvalue weighted by atomic mass is 35.5. The first kappa shape index (κ1) is 12.3. The molecule has 0 saturated carbocycles. The molecular formula is C13H10ClN3O. The SMILES string of the molecule is Cc1cc(Cl)cc(C)c1Oc1cnc(C#N)cn1. The molecule has 0 N–H and O–H groups in total. The predicted molar refractivity (Wildman–Crippen MR) is 67.7 cm³/mol. The Morgan fingerprint density at radius 3 is 2.33 bits per heavy atom. The number of halogens is 1. The molecule has 2 aromatic rings. The Morgan fingerprint density at radius 2 is 1.83 bits per heavy atom. The third kappa shape index (κ3) is 2.58. The topological polar surface area (TPSA) is 58.8 Å². The molecule has 0 amide bonds. The minimum Gasteiger partial charge on any atom is -0.437 e. The lowest BCUT2D eigenvalue weighted by atomic mass is 10.1. The van der Waals surface area contributed by atoms with Crippen LogP contribution in [0.25, 0.3) is 0 Å². The lowest BCUT2D eigenvalue weighted by molar-refractivity contribution is 0.453. The smallest absolute Gasteiger partial charge is 0.237 e. The van der Waals surface area contributed by atoms with E-state index < -0.39 is 0 Å². The molecule has 1 aromatic heterocycles. The lowest BCUT2D eigenvalue weighted by Crippen LogP contribution is -1.95. The molecule has 2 rings (SSSR count). The van der Waals surface area contributed by atoms with E-state index in [1.165, 1.54) is 12.4 Å². The normalized spacial score (nSPS) is 9.89. The fourth-order valence-electron chi connectivity index (χ4n) is 1.59. The molecule has 0 bridgehead atoms. The third-order valence-electron chi connectivity index (χ3n) is 2.37. The second kappa shape index (κ2) is 5.03. The van der Waals surface area contributed by atoms with Gasteiger partial charge in [0.2, 0.25) is 5.88 Å². The second-order valence-corrected chi connectivity index (χ2v) is 4.26. The maximum absolute atomic E-state index is 8.63. The van der Waals surface area contributed by atoms with Crippen LogP contribution in [0.2, 0.25) is 5.02 Å². The molecule has 0 atom stereocenters. The van der Waals surface area contributed by atoms with E-state index in [0.717, 1.165) is 11.1 Å². The summed E-state index contributed by atoms with van der Waals surface area (Å²) in [4.78, 5) is 7.90. The van der Waals surface area contributed by atoms with Gasteiger partial charge in [-0.05, 0) is 37.1 Å². The summed E-state index contributed by atoms with van der Waals surface area (Å²) in [6.07, 6.45) is 2.79. The number of nitriles is 1. The summed E-state index contributed by atoms with van der Waals surface area (Å²) in [5, 5.41) is 9.30. The Balaban J connectivity index is 2.31. The highest BCUT2D eigenvalue weighted by molar-refractivity contribution is 6.30. The van der Waals surface area contributed by atoms with Gasteiger partial charge in [0.15, 0.2) is 5.69 Å². The zero-order chi connectivity index (χ0) is 13.1. The third-order valence-corrected chi connectivity index (χ3v) is 2.59. The Hall–Kier alpha value is -2.12. The van der Waals surface area contributed by atoms with Gasteiger partial charge in [-0.25, -0.2) is 9.97 Å². The van der Waals surface area contributed by atoms with Crippen LogP contribution in [0.5, 0.6) is 11.6 Å². The number of nitrogens with zero attached hydrogens (tertiary/aromatic N) is 3. The van der Waals surface area contributed by atoms with Gasteiger partial charge in [-0.2, -0.15) is 5.26 Å². The maximum atomic E-state index is 8.63. The van der Waals surface area contributed by atoms with Crippen LogP contribution < -0.4 is 4.74 Å². The average molecular weight is 260 g/mol. The van der Waals surface area contributed by atoms with E-state index in [9.17, 15) is 0 Å². The van der Waals surface area contributed by atoms with Gasteiger partial charge in [-0.15, -0.1) is 0 Å². The quantitative estimate of drug-likeness (QED) is 0.829. The highest BCUT2D eigenvalue weighted by Gasteiger charge is 2.08. The van der Waals surface area contributed by atoms with Gasteiger partial charge in [-0.3, -0.25) is 0 Å². The van der Waals surface area contributed by atoms with E-state index in [1.54, 1.807) is 0 Å². The molecule has 1 heterocycles. The van der Waals surface area contributed by atoms with Gasteiger partial charge in [0.1, 0.15) is 11.8 Å². The first-order chi connectivity index (χ1) is 8.60. The summed E-state index contributed by atoms with van der Waals surface area (Å²) < 4.78 is 5.65. The van der Waals surface area contributed by atoms with Crippen LogP contribution in [-0.4, -0.2) is 9.97 Å². The molecule has 5 heteroatoms. The number of benzene rings is 1. The van der Waals surface area contributed by atoms with E-state index in [0.29, 0.717) is 16.7 Å². The molecule has 0 unspecified atom stereocenters. The van der Waals surface area contributed by atoms with Crippen LogP contribution in [0, 0.1) is 25.2 Å². The summed E-state index contributed by atoms with van der Waals surface area (Å²) in [6.45, 7) is 3.82. The van der Waals surface area contributed by atoms with Crippen molar-refractivity contribution in [3.8, 4) is 17.7 Å². The minimum atomic E-state index is 0.256. The average Bonchev–Trinajstić information content (AvgIpc) is 2.34. The molecule has 0 aliphatic rings. The summed E-state index contributed by atoms with van der Waals surface area (Å²) in [7, 11) is 0. The minimum absolute atomic E-state index is 0.256. The van der Waals surface area contributed by atoms with Crippen molar-refractivity contribution >= 4 is 11.6 Å². The van der Waals surface area contributed by atoms with Crippen LogP contribution in [-0.2, 0) is 0 Å². The van der Waals surface area contributed by atoms with E-state index in [1.807, 2.05) is 32.0 Å². The van der Waals surface area contributed by atoms with Gasteiger partial charge in [0.25, 0.3) is 0 Å². The molecule has 4 nitrogen and oxygen atoms in total. The van der Waals surface area contributed by atoms with Gasteiger partial charge in [0.05, 0.1) is 12.4 Å². The van der Waals surface area contributed by atoms with E-state index in [4.69, 9.17) is 21.6 Å². The van der Waals surface area contributed by atoms with Crippen molar-refractivity contribution in [2.45, 2.75) is 13.8 Å². The van der Waals surface area contributed by atoms with Crippen molar-refractivity contribution in [2.75, 3.05) is 0 Å². The molecule has 0 aliphatic heterocycles. The summed E-state index contributed by atoms with van der Waals surface area (Å²) >= 11 is 5.95. The first-order valence-electron chi connectivity index (χ1n) is 5.27. The van der Waals surface area contributed by atoms with Crippen LogP contribution in [0.4, 0.5) is 0 Å². The molecule has 0 spiro atoms. The number of hydrogen-bond donors (Lipinski definition) is 0. The van der Waals surface area contributed by atoms with Gasteiger partial charge >= 0.3 is 0 Å². The molecule has 0 fully saturated rings. The largest absolute Gasteiger partial charge is 0.437 e. The molecule has 1 aromatic carbocycles. The highest BCUT2D eigenvalue weighted by Crippen LogP contribution is 2.30. The van der Waals surface area contributed by atoms with Crippen molar-refractivity contribution in [1.82, 2.24) is 9.97 Å². The van der Waals surface area contributed by atoms with Gasteiger partial charge in [0, 0.05) is 5.02 Å². The monoisotopic (exact) mass is 259 g/mol. The first-order valence-corrected chi connectivity index (χ1v) is 5.64.